The molecule has 130 valence electrons. The van der Waals surface area contributed by atoms with Gasteiger partial charge in [0.15, 0.2) is 0 Å². The summed E-state index contributed by atoms with van der Waals surface area (Å²) in [6, 6.07) is 0.449. The number of amides is 1. The molecule has 3 heteroatoms. The van der Waals surface area contributed by atoms with Gasteiger partial charge in [0.2, 0.25) is 5.91 Å². The zero-order chi connectivity index (χ0) is 16.4. The second-order valence-corrected chi connectivity index (χ2v) is 7.89. The lowest BCUT2D eigenvalue weighted by Gasteiger charge is -2.37. The van der Waals surface area contributed by atoms with Crippen LogP contribution in [0.15, 0.2) is 0 Å². The molecule has 0 aromatic rings. The van der Waals surface area contributed by atoms with E-state index >= 15 is 0 Å². The monoisotopic (exact) mass is 311 g/mol. The molecule has 1 rings (SSSR count). The molecule has 1 fully saturated rings. The Kier molecular flexibility index (Phi) is 9.08. The molecule has 0 unspecified atom stereocenters. The van der Waals surface area contributed by atoms with E-state index < -0.39 is 0 Å². The minimum atomic E-state index is -0.284. The van der Waals surface area contributed by atoms with E-state index in [1.165, 1.54) is 44.9 Å². The Morgan fingerprint density at radius 2 is 1.50 bits per heavy atom. The van der Waals surface area contributed by atoms with Crippen molar-refractivity contribution in [2.24, 2.45) is 5.41 Å². The van der Waals surface area contributed by atoms with Gasteiger partial charge in [-0.15, -0.1) is 0 Å². The van der Waals surface area contributed by atoms with Gasteiger partial charge in [0, 0.05) is 24.6 Å². The molecule has 0 bridgehead atoms. The van der Waals surface area contributed by atoms with Crippen molar-refractivity contribution in [3.05, 3.63) is 0 Å². The molecule has 0 aliphatic heterocycles. The summed E-state index contributed by atoms with van der Waals surface area (Å²) < 4.78 is 0. The van der Waals surface area contributed by atoms with Crippen LogP contribution in [0.1, 0.15) is 91.4 Å². The van der Waals surface area contributed by atoms with Crippen molar-refractivity contribution in [3.63, 3.8) is 0 Å². The number of hydrogen-bond acceptors (Lipinski definition) is 2. The Balaban J connectivity index is 2.61. The molecule has 1 N–H and O–H groups in total. The Morgan fingerprint density at radius 1 is 0.955 bits per heavy atom. The molecule has 22 heavy (non-hydrogen) atoms. The van der Waals surface area contributed by atoms with Crippen LogP contribution in [-0.2, 0) is 4.79 Å². The molecule has 1 saturated carbocycles. The number of hydrogen-bond donors (Lipinski definition) is 1. The van der Waals surface area contributed by atoms with E-state index in [-0.39, 0.29) is 12.0 Å². The summed E-state index contributed by atoms with van der Waals surface area (Å²) in [6.45, 7) is 7.30. The van der Waals surface area contributed by atoms with E-state index in [0.717, 1.165) is 32.2 Å². The Bertz CT molecular complexity index is 301. The number of nitrogens with zero attached hydrogens (tertiary/aromatic N) is 1. The summed E-state index contributed by atoms with van der Waals surface area (Å²) >= 11 is 0. The minimum Gasteiger partial charge on any atom is -0.396 e. The smallest absolute Gasteiger partial charge is 0.228 e. The van der Waals surface area contributed by atoms with Crippen molar-refractivity contribution >= 4 is 5.91 Å². The fourth-order valence-electron chi connectivity index (χ4n) is 3.37. The van der Waals surface area contributed by atoms with Crippen LogP contribution in [0.5, 0.6) is 0 Å². The van der Waals surface area contributed by atoms with Gasteiger partial charge in [-0.25, -0.2) is 0 Å². The van der Waals surface area contributed by atoms with Crippen LogP contribution in [0.25, 0.3) is 0 Å². The van der Waals surface area contributed by atoms with Crippen molar-refractivity contribution in [1.29, 1.82) is 0 Å². The quantitative estimate of drug-likeness (QED) is 0.702. The van der Waals surface area contributed by atoms with Crippen LogP contribution in [0.4, 0.5) is 0 Å². The first-order valence-corrected chi connectivity index (χ1v) is 9.38. The molecule has 1 aliphatic carbocycles. The third kappa shape index (κ3) is 7.13. The lowest BCUT2D eigenvalue weighted by Crippen LogP contribution is -2.46. The van der Waals surface area contributed by atoms with Crippen molar-refractivity contribution < 1.29 is 9.90 Å². The molecule has 0 radical (unpaired) electrons. The second kappa shape index (κ2) is 10.3. The molecular weight excluding hydrogens is 274 g/mol. The first-order chi connectivity index (χ1) is 10.5. The summed E-state index contributed by atoms with van der Waals surface area (Å²) in [5.41, 5.74) is -0.284. The molecule has 0 aromatic heterocycles. The number of aliphatic hydroxyl groups is 1. The third-order valence-corrected chi connectivity index (χ3v) is 4.73. The van der Waals surface area contributed by atoms with Crippen LogP contribution in [0.2, 0.25) is 0 Å². The van der Waals surface area contributed by atoms with Crippen LogP contribution >= 0.6 is 0 Å². The molecule has 0 spiro atoms. The van der Waals surface area contributed by atoms with Gasteiger partial charge in [-0.2, -0.15) is 0 Å². The molecule has 0 atom stereocenters. The summed E-state index contributed by atoms with van der Waals surface area (Å²) in [5.74, 6) is 0.320. The largest absolute Gasteiger partial charge is 0.396 e. The van der Waals surface area contributed by atoms with Crippen molar-refractivity contribution in [2.45, 2.75) is 97.4 Å². The summed E-state index contributed by atoms with van der Waals surface area (Å²) in [6.07, 6.45) is 13.0. The van der Waals surface area contributed by atoms with E-state index in [0.29, 0.717) is 11.9 Å². The summed E-state index contributed by atoms with van der Waals surface area (Å²) in [7, 11) is 0. The maximum absolute atomic E-state index is 12.9. The Labute approximate surface area is 137 Å². The van der Waals surface area contributed by atoms with E-state index in [1.807, 2.05) is 20.8 Å². The molecule has 0 aromatic carbocycles. The van der Waals surface area contributed by atoms with Crippen LogP contribution in [0.3, 0.4) is 0 Å². The topological polar surface area (TPSA) is 40.5 Å². The van der Waals surface area contributed by atoms with Gasteiger partial charge in [0.25, 0.3) is 0 Å². The zero-order valence-electron chi connectivity index (χ0n) is 15.1. The highest BCUT2D eigenvalue weighted by atomic mass is 16.2. The normalized spacial score (nSPS) is 17.8. The van der Waals surface area contributed by atoms with Gasteiger partial charge in [-0.3, -0.25) is 4.79 Å². The SMILES string of the molecule is CC(C)(C)C(=O)N(CCCCCCO)C1CCCCCCC1. The molecule has 1 aliphatic rings. The van der Waals surface area contributed by atoms with Gasteiger partial charge in [0.1, 0.15) is 0 Å². The highest BCUT2D eigenvalue weighted by Gasteiger charge is 2.31. The van der Waals surface area contributed by atoms with Crippen LogP contribution in [0, 0.1) is 5.41 Å². The molecule has 0 heterocycles. The van der Waals surface area contributed by atoms with Crippen molar-refractivity contribution in [2.75, 3.05) is 13.2 Å². The third-order valence-electron chi connectivity index (χ3n) is 4.73. The highest BCUT2D eigenvalue weighted by Crippen LogP contribution is 2.26. The molecular formula is C19H37NO2. The van der Waals surface area contributed by atoms with Gasteiger partial charge >= 0.3 is 0 Å². The number of unbranched alkanes of at least 4 members (excludes halogenated alkanes) is 3. The second-order valence-electron chi connectivity index (χ2n) is 7.89. The van der Waals surface area contributed by atoms with Gasteiger partial charge in [0.05, 0.1) is 0 Å². The van der Waals surface area contributed by atoms with Crippen molar-refractivity contribution in [1.82, 2.24) is 4.90 Å². The predicted molar refractivity (Wildman–Crippen MR) is 92.8 cm³/mol. The van der Waals surface area contributed by atoms with E-state index in [2.05, 4.69) is 4.90 Å². The average molecular weight is 312 g/mol. The zero-order valence-corrected chi connectivity index (χ0v) is 15.1. The maximum Gasteiger partial charge on any atom is 0.228 e. The molecule has 1 amide bonds. The number of rotatable bonds is 7. The highest BCUT2D eigenvalue weighted by molar-refractivity contribution is 5.81. The van der Waals surface area contributed by atoms with E-state index in [9.17, 15) is 4.79 Å². The summed E-state index contributed by atoms with van der Waals surface area (Å²) in [5, 5.41) is 8.87. The Morgan fingerprint density at radius 3 is 2.05 bits per heavy atom. The standard InChI is InChI=1S/C19H37NO2/c1-19(2,3)18(22)20(15-11-7-8-12-16-21)17-13-9-5-4-6-10-14-17/h17,21H,4-16H2,1-3H3. The maximum atomic E-state index is 12.9. The lowest BCUT2D eigenvalue weighted by atomic mass is 9.90. The van der Waals surface area contributed by atoms with Gasteiger partial charge < -0.3 is 10.0 Å². The first kappa shape index (κ1) is 19.5. The minimum absolute atomic E-state index is 0.284. The Hall–Kier alpha value is -0.570. The van der Waals surface area contributed by atoms with Gasteiger partial charge in [-0.05, 0) is 25.7 Å². The number of aliphatic hydroxyl groups excluding tert-OH is 1. The molecule has 3 nitrogen and oxygen atoms in total. The number of carbonyl (C=O) groups is 1. The van der Waals surface area contributed by atoms with E-state index in [1.54, 1.807) is 0 Å². The van der Waals surface area contributed by atoms with Crippen LogP contribution < -0.4 is 0 Å². The van der Waals surface area contributed by atoms with E-state index in [4.69, 9.17) is 5.11 Å². The van der Waals surface area contributed by atoms with Crippen LogP contribution in [-0.4, -0.2) is 35.1 Å². The first-order valence-electron chi connectivity index (χ1n) is 9.38. The predicted octanol–water partition coefficient (Wildman–Crippen LogP) is 4.53. The fraction of sp³-hybridized carbons (Fsp3) is 0.947. The molecule has 0 saturated heterocycles. The number of carbonyl (C=O) groups excluding carboxylic acids is 1. The average Bonchev–Trinajstić information content (AvgIpc) is 2.42. The van der Waals surface area contributed by atoms with Gasteiger partial charge in [-0.1, -0.05) is 65.7 Å². The lowest BCUT2D eigenvalue weighted by molar-refractivity contribution is -0.142. The summed E-state index contributed by atoms with van der Waals surface area (Å²) in [4.78, 5) is 15.1. The fourth-order valence-corrected chi connectivity index (χ4v) is 3.37. The van der Waals surface area contributed by atoms with Crippen molar-refractivity contribution in [3.8, 4) is 0 Å².